The van der Waals surface area contributed by atoms with Crippen LogP contribution >= 0.6 is 0 Å². The monoisotopic (exact) mass is 218 g/mol. The van der Waals surface area contributed by atoms with E-state index in [4.69, 9.17) is 9.84 Å². The van der Waals surface area contributed by atoms with Crippen molar-refractivity contribution in [1.29, 1.82) is 0 Å². The Morgan fingerprint density at radius 1 is 1.50 bits per heavy atom. The molecule has 2 aromatic rings. The topological polar surface area (TPSA) is 75.2 Å². The van der Waals surface area contributed by atoms with Gasteiger partial charge in [-0.2, -0.15) is 4.98 Å². The molecule has 0 bridgehead atoms. The first-order chi connectivity index (χ1) is 7.72. The summed E-state index contributed by atoms with van der Waals surface area (Å²) < 4.78 is 5.52. The van der Waals surface area contributed by atoms with Gasteiger partial charge in [0, 0.05) is 11.5 Å². The number of carboxylic acid groups (broad SMARTS) is 1. The van der Waals surface area contributed by atoms with E-state index in [0.29, 0.717) is 17.6 Å². The van der Waals surface area contributed by atoms with E-state index in [1.165, 1.54) is 0 Å². The lowest BCUT2D eigenvalue weighted by Crippen LogP contribution is -1.98. The Balaban J connectivity index is 1.99. The van der Waals surface area contributed by atoms with Gasteiger partial charge in [0.2, 0.25) is 5.88 Å². The lowest BCUT2D eigenvalue weighted by molar-refractivity contribution is 0.0691. The minimum atomic E-state index is -0.984. The van der Waals surface area contributed by atoms with Gasteiger partial charge in [0.1, 0.15) is 17.4 Å². The summed E-state index contributed by atoms with van der Waals surface area (Å²) in [5.41, 5.74) is 0.696. The quantitative estimate of drug-likeness (QED) is 0.823. The van der Waals surface area contributed by atoms with Gasteiger partial charge >= 0.3 is 5.97 Å². The van der Waals surface area contributed by atoms with E-state index in [0.717, 1.165) is 18.2 Å². The van der Waals surface area contributed by atoms with Crippen molar-refractivity contribution < 1.29 is 14.6 Å². The first-order valence-electron chi connectivity index (χ1n) is 5.12. The lowest BCUT2D eigenvalue weighted by Gasteiger charge is -2.01. The number of nitrogens with zero attached hydrogens (tertiary/aromatic N) is 1. The molecule has 0 saturated heterocycles. The number of fused-ring (bicyclic) bond motifs is 1. The number of hydrogen-bond donors (Lipinski definition) is 2. The fourth-order valence-electron chi connectivity index (χ4n) is 1.53. The van der Waals surface area contributed by atoms with Crippen LogP contribution in [0.25, 0.3) is 11.0 Å². The van der Waals surface area contributed by atoms with Crippen molar-refractivity contribution in [1.82, 2.24) is 9.97 Å². The van der Waals surface area contributed by atoms with Gasteiger partial charge in [0.25, 0.3) is 0 Å². The van der Waals surface area contributed by atoms with Gasteiger partial charge in [-0.05, 0) is 25.0 Å². The van der Waals surface area contributed by atoms with Crippen molar-refractivity contribution in [3.8, 4) is 5.88 Å². The van der Waals surface area contributed by atoms with E-state index in [-0.39, 0.29) is 5.69 Å². The standard InChI is InChI=1S/C11H10N2O3/c14-11(15)8-5-6-1-4-9(13-10(6)12-8)16-7-2-3-7/h1,4-5,7H,2-3H2,(H,12,13)(H,14,15). The van der Waals surface area contributed by atoms with E-state index in [9.17, 15) is 4.79 Å². The molecule has 0 spiro atoms. The fourth-order valence-corrected chi connectivity index (χ4v) is 1.53. The normalized spacial score (nSPS) is 15.2. The zero-order chi connectivity index (χ0) is 11.1. The van der Waals surface area contributed by atoms with E-state index in [2.05, 4.69) is 9.97 Å². The van der Waals surface area contributed by atoms with Crippen molar-refractivity contribution in [2.45, 2.75) is 18.9 Å². The summed E-state index contributed by atoms with van der Waals surface area (Å²) in [5, 5.41) is 9.60. The second kappa shape index (κ2) is 3.23. The van der Waals surface area contributed by atoms with Crippen LogP contribution in [0.3, 0.4) is 0 Å². The van der Waals surface area contributed by atoms with Crippen LogP contribution < -0.4 is 4.74 Å². The second-order valence-electron chi connectivity index (χ2n) is 3.89. The number of rotatable bonds is 3. The maximum absolute atomic E-state index is 10.8. The zero-order valence-corrected chi connectivity index (χ0v) is 8.43. The van der Waals surface area contributed by atoms with Crippen molar-refractivity contribution in [3.63, 3.8) is 0 Å². The zero-order valence-electron chi connectivity index (χ0n) is 8.43. The average Bonchev–Trinajstić information content (AvgIpc) is 2.95. The van der Waals surface area contributed by atoms with Crippen molar-refractivity contribution in [2.24, 2.45) is 0 Å². The van der Waals surface area contributed by atoms with Crippen LogP contribution in [-0.2, 0) is 0 Å². The summed E-state index contributed by atoms with van der Waals surface area (Å²) in [7, 11) is 0. The summed E-state index contributed by atoms with van der Waals surface area (Å²) >= 11 is 0. The molecule has 1 fully saturated rings. The van der Waals surface area contributed by atoms with E-state index in [1.54, 1.807) is 12.1 Å². The number of hydrogen-bond acceptors (Lipinski definition) is 3. The van der Waals surface area contributed by atoms with Gasteiger partial charge < -0.3 is 14.8 Å². The maximum Gasteiger partial charge on any atom is 0.352 e. The molecule has 2 heterocycles. The Morgan fingerprint density at radius 2 is 2.31 bits per heavy atom. The summed E-state index contributed by atoms with van der Waals surface area (Å²) in [4.78, 5) is 17.7. The van der Waals surface area contributed by atoms with Crippen LogP contribution in [0.4, 0.5) is 0 Å². The molecule has 0 amide bonds. The molecule has 0 unspecified atom stereocenters. The molecule has 1 aliphatic carbocycles. The van der Waals surface area contributed by atoms with E-state index >= 15 is 0 Å². The Kier molecular flexibility index (Phi) is 1.86. The molecule has 2 aromatic heterocycles. The fraction of sp³-hybridized carbons (Fsp3) is 0.273. The number of ether oxygens (including phenoxy) is 1. The smallest absolute Gasteiger partial charge is 0.352 e. The van der Waals surface area contributed by atoms with Crippen LogP contribution in [0.5, 0.6) is 5.88 Å². The maximum atomic E-state index is 10.8. The largest absolute Gasteiger partial charge is 0.477 e. The van der Waals surface area contributed by atoms with Gasteiger partial charge in [0.05, 0.1) is 0 Å². The van der Waals surface area contributed by atoms with Crippen LogP contribution in [-0.4, -0.2) is 27.1 Å². The number of carboxylic acids is 1. The molecule has 5 heteroatoms. The van der Waals surface area contributed by atoms with Gasteiger partial charge in [-0.25, -0.2) is 4.79 Å². The van der Waals surface area contributed by atoms with Crippen LogP contribution in [0, 0.1) is 0 Å². The summed E-state index contributed by atoms with van der Waals surface area (Å²) in [6, 6.07) is 5.13. The molecule has 82 valence electrons. The van der Waals surface area contributed by atoms with E-state index in [1.807, 2.05) is 6.07 Å². The SMILES string of the molecule is O=C(O)c1cc2ccc(OC3CC3)nc2[nH]1. The Hall–Kier alpha value is -2.04. The summed E-state index contributed by atoms with van der Waals surface area (Å²) in [6.07, 6.45) is 2.44. The average molecular weight is 218 g/mol. The molecule has 1 saturated carbocycles. The lowest BCUT2D eigenvalue weighted by atomic mass is 10.3. The molecule has 3 rings (SSSR count). The molecule has 0 radical (unpaired) electrons. The highest BCUT2D eigenvalue weighted by Gasteiger charge is 2.24. The highest BCUT2D eigenvalue weighted by atomic mass is 16.5. The van der Waals surface area contributed by atoms with Crippen LogP contribution in [0.15, 0.2) is 18.2 Å². The van der Waals surface area contributed by atoms with Gasteiger partial charge in [-0.3, -0.25) is 0 Å². The third-order valence-corrected chi connectivity index (χ3v) is 2.50. The number of pyridine rings is 1. The van der Waals surface area contributed by atoms with Crippen molar-refractivity contribution >= 4 is 17.0 Å². The highest BCUT2D eigenvalue weighted by Crippen LogP contribution is 2.26. The van der Waals surface area contributed by atoms with Crippen LogP contribution in [0.2, 0.25) is 0 Å². The molecule has 0 aliphatic heterocycles. The third-order valence-electron chi connectivity index (χ3n) is 2.50. The molecule has 16 heavy (non-hydrogen) atoms. The summed E-state index contributed by atoms with van der Waals surface area (Å²) in [6.45, 7) is 0. The number of aromatic nitrogens is 2. The Morgan fingerprint density at radius 3 is 3.00 bits per heavy atom. The van der Waals surface area contributed by atoms with Gasteiger partial charge in [-0.15, -0.1) is 0 Å². The van der Waals surface area contributed by atoms with Crippen molar-refractivity contribution in [2.75, 3.05) is 0 Å². The van der Waals surface area contributed by atoms with Gasteiger partial charge in [0.15, 0.2) is 0 Å². The molecule has 1 aliphatic rings. The number of aromatic carboxylic acids is 1. The number of nitrogens with one attached hydrogen (secondary N) is 1. The third kappa shape index (κ3) is 1.60. The highest BCUT2D eigenvalue weighted by molar-refractivity contribution is 5.92. The number of aromatic amines is 1. The molecule has 0 aromatic carbocycles. The molecule has 5 nitrogen and oxygen atoms in total. The minimum absolute atomic E-state index is 0.145. The minimum Gasteiger partial charge on any atom is -0.477 e. The number of H-pyrrole nitrogens is 1. The Bertz CT molecular complexity index is 557. The predicted molar refractivity (Wildman–Crippen MR) is 56.7 cm³/mol. The second-order valence-corrected chi connectivity index (χ2v) is 3.89. The van der Waals surface area contributed by atoms with Crippen LogP contribution in [0.1, 0.15) is 23.3 Å². The summed E-state index contributed by atoms with van der Waals surface area (Å²) in [5.74, 6) is -0.434. The first kappa shape index (κ1) is 9.21. The Labute approximate surface area is 91.1 Å². The van der Waals surface area contributed by atoms with E-state index < -0.39 is 5.97 Å². The molecule has 0 atom stereocenters. The molecule has 2 N–H and O–H groups in total. The molecular weight excluding hydrogens is 208 g/mol. The number of carbonyl (C=O) groups is 1. The predicted octanol–water partition coefficient (Wildman–Crippen LogP) is 1.80. The molecular formula is C11H10N2O3. The van der Waals surface area contributed by atoms with Gasteiger partial charge in [-0.1, -0.05) is 0 Å². The first-order valence-corrected chi connectivity index (χ1v) is 5.12. The van der Waals surface area contributed by atoms with Crippen molar-refractivity contribution in [3.05, 3.63) is 23.9 Å².